The molecule has 18 heavy (non-hydrogen) atoms. The second kappa shape index (κ2) is 5.04. The van der Waals surface area contributed by atoms with Gasteiger partial charge in [0.25, 0.3) is 0 Å². The van der Waals surface area contributed by atoms with Crippen molar-refractivity contribution >= 4 is 5.97 Å². The summed E-state index contributed by atoms with van der Waals surface area (Å²) < 4.78 is 26.6. The van der Waals surface area contributed by atoms with Crippen molar-refractivity contribution in [2.75, 3.05) is 0 Å². The number of hydrogen-bond acceptors (Lipinski definition) is 1. The van der Waals surface area contributed by atoms with E-state index in [9.17, 15) is 18.7 Å². The normalized spacial score (nSPS) is 19.2. The number of rotatable bonds is 2. The molecule has 0 amide bonds. The first-order valence-corrected chi connectivity index (χ1v) is 6.24. The van der Waals surface area contributed by atoms with Gasteiger partial charge in [0.2, 0.25) is 0 Å². The minimum atomic E-state index is -1.13. The van der Waals surface area contributed by atoms with Gasteiger partial charge in [-0.25, -0.2) is 8.78 Å². The molecule has 0 spiro atoms. The van der Waals surface area contributed by atoms with E-state index in [1.807, 2.05) is 0 Å². The number of carboxylic acids is 1. The van der Waals surface area contributed by atoms with Crippen LogP contribution < -0.4 is 0 Å². The van der Waals surface area contributed by atoms with Crippen molar-refractivity contribution in [1.29, 1.82) is 0 Å². The third kappa shape index (κ3) is 2.37. The predicted octanol–water partition coefficient (Wildman–Crippen LogP) is 3.64. The van der Waals surface area contributed by atoms with Crippen LogP contribution in [0, 0.1) is 11.6 Å². The monoisotopic (exact) mass is 254 g/mol. The van der Waals surface area contributed by atoms with Gasteiger partial charge in [0.15, 0.2) is 0 Å². The van der Waals surface area contributed by atoms with Crippen LogP contribution in [0.25, 0.3) is 0 Å². The number of benzene rings is 1. The van der Waals surface area contributed by atoms with E-state index in [4.69, 9.17) is 0 Å². The molecule has 0 radical (unpaired) electrons. The van der Waals surface area contributed by atoms with Gasteiger partial charge >= 0.3 is 5.97 Å². The van der Waals surface area contributed by atoms with Crippen molar-refractivity contribution in [2.24, 2.45) is 0 Å². The van der Waals surface area contributed by atoms with Crippen LogP contribution in [0.5, 0.6) is 0 Å². The summed E-state index contributed by atoms with van der Waals surface area (Å²) in [5, 5.41) is 9.50. The van der Waals surface area contributed by atoms with Gasteiger partial charge in [-0.2, -0.15) is 0 Å². The van der Waals surface area contributed by atoms with Gasteiger partial charge in [-0.1, -0.05) is 25.7 Å². The van der Waals surface area contributed by atoms with Crippen molar-refractivity contribution in [1.82, 2.24) is 0 Å². The highest BCUT2D eigenvalue weighted by Crippen LogP contribution is 2.39. The lowest BCUT2D eigenvalue weighted by Crippen LogP contribution is -2.35. The zero-order chi connectivity index (χ0) is 13.2. The first-order valence-electron chi connectivity index (χ1n) is 6.24. The van der Waals surface area contributed by atoms with E-state index >= 15 is 0 Å². The summed E-state index contributed by atoms with van der Waals surface area (Å²) in [4.78, 5) is 11.6. The van der Waals surface area contributed by atoms with Gasteiger partial charge in [0.05, 0.1) is 5.41 Å². The van der Waals surface area contributed by atoms with Gasteiger partial charge in [0, 0.05) is 6.07 Å². The van der Waals surface area contributed by atoms with Gasteiger partial charge in [-0.05, 0) is 30.5 Å². The van der Waals surface area contributed by atoms with Crippen molar-refractivity contribution in [2.45, 2.75) is 43.9 Å². The van der Waals surface area contributed by atoms with E-state index in [0.29, 0.717) is 12.8 Å². The maximum absolute atomic E-state index is 13.3. The van der Waals surface area contributed by atoms with Gasteiger partial charge in [-0.15, -0.1) is 0 Å². The lowest BCUT2D eigenvalue weighted by atomic mass is 9.74. The first-order chi connectivity index (χ1) is 8.54. The Morgan fingerprint density at radius 3 is 1.94 bits per heavy atom. The smallest absolute Gasteiger partial charge is 0.314 e. The molecule has 0 atom stereocenters. The molecular weight excluding hydrogens is 238 g/mol. The summed E-state index contributed by atoms with van der Waals surface area (Å²) in [6.07, 6.45) is 4.42. The molecule has 0 aromatic heterocycles. The maximum Gasteiger partial charge on any atom is 0.314 e. The highest BCUT2D eigenvalue weighted by atomic mass is 19.1. The van der Waals surface area contributed by atoms with Gasteiger partial charge in [-0.3, -0.25) is 4.79 Å². The van der Waals surface area contributed by atoms with E-state index in [1.165, 1.54) is 0 Å². The molecule has 1 aromatic carbocycles. The fourth-order valence-electron chi connectivity index (χ4n) is 2.79. The first kappa shape index (κ1) is 13.0. The molecule has 0 unspecified atom stereocenters. The SMILES string of the molecule is O=C(O)C1(c2cc(F)cc(F)c2)CCCCCC1. The minimum Gasteiger partial charge on any atom is -0.481 e. The Bertz CT molecular complexity index is 429. The summed E-state index contributed by atoms with van der Waals surface area (Å²) in [5.41, 5.74) is -0.867. The molecule has 4 heteroatoms. The van der Waals surface area contributed by atoms with Crippen LogP contribution in [0.4, 0.5) is 8.78 Å². The molecule has 0 heterocycles. The molecule has 1 aliphatic rings. The average molecular weight is 254 g/mol. The Hall–Kier alpha value is -1.45. The van der Waals surface area contributed by atoms with Crippen LogP contribution >= 0.6 is 0 Å². The molecule has 1 aliphatic carbocycles. The van der Waals surface area contributed by atoms with Crippen molar-refractivity contribution < 1.29 is 18.7 Å². The van der Waals surface area contributed by atoms with E-state index in [-0.39, 0.29) is 5.56 Å². The molecule has 1 fully saturated rings. The third-order valence-electron chi connectivity index (χ3n) is 3.78. The number of halogens is 2. The van der Waals surface area contributed by atoms with Crippen LogP contribution in [0.1, 0.15) is 44.1 Å². The molecule has 1 saturated carbocycles. The molecule has 2 nitrogen and oxygen atoms in total. The van der Waals surface area contributed by atoms with E-state index in [2.05, 4.69) is 0 Å². The summed E-state index contributed by atoms with van der Waals surface area (Å²) in [6, 6.07) is 3.08. The fraction of sp³-hybridized carbons (Fsp3) is 0.500. The highest BCUT2D eigenvalue weighted by molar-refractivity contribution is 5.81. The van der Waals surface area contributed by atoms with Gasteiger partial charge in [0.1, 0.15) is 11.6 Å². The van der Waals surface area contributed by atoms with Crippen LogP contribution in [0.2, 0.25) is 0 Å². The Kier molecular flexibility index (Phi) is 3.64. The Balaban J connectivity index is 2.48. The van der Waals surface area contributed by atoms with Crippen LogP contribution in [-0.2, 0) is 10.2 Å². The van der Waals surface area contributed by atoms with Crippen molar-refractivity contribution in [3.8, 4) is 0 Å². The lowest BCUT2D eigenvalue weighted by Gasteiger charge is -2.28. The zero-order valence-electron chi connectivity index (χ0n) is 10.1. The highest BCUT2D eigenvalue weighted by Gasteiger charge is 2.40. The molecule has 0 bridgehead atoms. The number of carbonyl (C=O) groups is 1. The second-order valence-electron chi connectivity index (χ2n) is 4.96. The third-order valence-corrected chi connectivity index (χ3v) is 3.78. The molecule has 98 valence electrons. The second-order valence-corrected chi connectivity index (χ2v) is 4.96. The minimum absolute atomic E-state index is 0.259. The fourth-order valence-corrected chi connectivity index (χ4v) is 2.79. The quantitative estimate of drug-likeness (QED) is 0.818. The number of hydrogen-bond donors (Lipinski definition) is 1. The van der Waals surface area contributed by atoms with E-state index in [1.54, 1.807) is 0 Å². The largest absolute Gasteiger partial charge is 0.481 e. The molecular formula is C14H16F2O2. The van der Waals surface area contributed by atoms with E-state index in [0.717, 1.165) is 43.9 Å². The zero-order valence-corrected chi connectivity index (χ0v) is 10.1. The Morgan fingerprint density at radius 2 is 1.50 bits per heavy atom. The number of carboxylic acid groups (broad SMARTS) is 1. The van der Waals surface area contributed by atoms with Crippen molar-refractivity contribution in [3.05, 3.63) is 35.4 Å². The topological polar surface area (TPSA) is 37.3 Å². The van der Waals surface area contributed by atoms with Crippen LogP contribution in [0.15, 0.2) is 18.2 Å². The molecule has 0 aliphatic heterocycles. The predicted molar refractivity (Wildman–Crippen MR) is 63.4 cm³/mol. The summed E-state index contributed by atoms with van der Waals surface area (Å²) in [6.45, 7) is 0. The molecule has 0 saturated heterocycles. The Morgan fingerprint density at radius 1 is 1.00 bits per heavy atom. The molecule has 2 rings (SSSR count). The van der Waals surface area contributed by atoms with E-state index < -0.39 is 23.0 Å². The Labute approximate surface area is 105 Å². The molecule has 1 aromatic rings. The van der Waals surface area contributed by atoms with Crippen molar-refractivity contribution in [3.63, 3.8) is 0 Å². The number of aliphatic carboxylic acids is 1. The standard InChI is InChI=1S/C14H16F2O2/c15-11-7-10(8-12(16)9-11)14(13(17)18)5-3-1-2-4-6-14/h7-9H,1-6H2,(H,17,18). The van der Waals surface area contributed by atoms with Gasteiger partial charge < -0.3 is 5.11 Å². The average Bonchev–Trinajstić information content (AvgIpc) is 2.53. The molecule has 1 N–H and O–H groups in total. The lowest BCUT2D eigenvalue weighted by molar-refractivity contribution is -0.144. The summed E-state index contributed by atoms with van der Waals surface area (Å²) in [5.74, 6) is -2.40. The maximum atomic E-state index is 13.3. The van der Waals surface area contributed by atoms with Crippen LogP contribution in [-0.4, -0.2) is 11.1 Å². The summed E-state index contributed by atoms with van der Waals surface area (Å²) in [7, 11) is 0. The summed E-state index contributed by atoms with van der Waals surface area (Å²) >= 11 is 0. The van der Waals surface area contributed by atoms with Crippen LogP contribution in [0.3, 0.4) is 0 Å².